The first-order chi connectivity index (χ1) is 14.6. The lowest BCUT2D eigenvalue weighted by Crippen LogP contribution is -2.40. The van der Waals surface area contributed by atoms with Crippen molar-refractivity contribution < 1.29 is 4.79 Å². The van der Waals surface area contributed by atoms with E-state index in [9.17, 15) is 4.79 Å². The summed E-state index contributed by atoms with van der Waals surface area (Å²) in [5.41, 5.74) is 4.80. The van der Waals surface area contributed by atoms with Crippen LogP contribution in [-0.2, 0) is 6.42 Å². The maximum atomic E-state index is 13.4. The summed E-state index contributed by atoms with van der Waals surface area (Å²) < 4.78 is 0. The number of para-hydroxylation sites is 1. The molecule has 1 N–H and O–H groups in total. The summed E-state index contributed by atoms with van der Waals surface area (Å²) in [5, 5.41) is 4.27. The van der Waals surface area contributed by atoms with Gasteiger partial charge in [0.25, 0.3) is 5.91 Å². The van der Waals surface area contributed by atoms with Crippen molar-refractivity contribution in [2.24, 2.45) is 17.8 Å². The van der Waals surface area contributed by atoms with Gasteiger partial charge in [-0.25, -0.2) is 4.98 Å². The first-order valence-electron chi connectivity index (χ1n) is 11.4. The van der Waals surface area contributed by atoms with Gasteiger partial charge in [-0.05, 0) is 68.1 Å². The zero-order valence-corrected chi connectivity index (χ0v) is 17.9. The van der Waals surface area contributed by atoms with Crippen LogP contribution in [0.4, 0.5) is 0 Å². The number of nitrogens with one attached hydrogen (secondary N) is 1. The Morgan fingerprint density at radius 3 is 2.60 bits per heavy atom. The fraction of sp³-hybridized carbons (Fsp3) is 0.407. The van der Waals surface area contributed by atoms with Gasteiger partial charge in [-0.15, -0.1) is 0 Å². The molecular formula is C27H30N2O. The fourth-order valence-electron chi connectivity index (χ4n) is 5.72. The smallest absolute Gasteiger partial charge is 0.252 e. The molecule has 0 aliphatic heterocycles. The molecule has 2 aliphatic carbocycles. The standard InChI is InChI=1S/C27H30N2O/c1-3-18-8-11-20(12-9-18)26-16-24(22-6-4-5-7-25(22)29-26)27(30)28-17(2)23-15-19-10-13-21(23)14-19/h4-9,11-12,16-17,19,21,23H,3,10,13-15H2,1-2H3,(H,28,30)/t17-,19-,21-,23-/m0/s1. The number of hydrogen-bond donors (Lipinski definition) is 1. The zero-order chi connectivity index (χ0) is 20.7. The zero-order valence-electron chi connectivity index (χ0n) is 17.9. The molecule has 0 saturated heterocycles. The third-order valence-corrected chi connectivity index (χ3v) is 7.41. The summed E-state index contributed by atoms with van der Waals surface area (Å²) in [6, 6.07) is 18.6. The Morgan fingerprint density at radius 1 is 1.10 bits per heavy atom. The highest BCUT2D eigenvalue weighted by Gasteiger charge is 2.42. The van der Waals surface area contributed by atoms with E-state index < -0.39 is 0 Å². The number of benzene rings is 2. The molecule has 3 nitrogen and oxygen atoms in total. The van der Waals surface area contributed by atoms with Crippen molar-refractivity contribution >= 4 is 16.8 Å². The van der Waals surface area contributed by atoms with Crippen LogP contribution < -0.4 is 5.32 Å². The Labute approximate surface area is 178 Å². The van der Waals surface area contributed by atoms with E-state index in [1.54, 1.807) is 0 Å². The summed E-state index contributed by atoms with van der Waals surface area (Å²) >= 11 is 0. The second-order valence-electron chi connectivity index (χ2n) is 9.22. The molecule has 1 amide bonds. The number of aryl methyl sites for hydroxylation is 1. The van der Waals surface area contributed by atoms with E-state index in [-0.39, 0.29) is 11.9 Å². The number of nitrogens with zero attached hydrogens (tertiary/aromatic N) is 1. The van der Waals surface area contributed by atoms with Crippen LogP contribution in [0.25, 0.3) is 22.2 Å². The third-order valence-electron chi connectivity index (χ3n) is 7.41. The van der Waals surface area contributed by atoms with Crippen LogP contribution in [-0.4, -0.2) is 16.9 Å². The van der Waals surface area contributed by atoms with E-state index in [0.29, 0.717) is 5.92 Å². The second-order valence-corrected chi connectivity index (χ2v) is 9.22. The van der Waals surface area contributed by atoms with E-state index >= 15 is 0 Å². The van der Waals surface area contributed by atoms with Crippen LogP contribution in [0.1, 0.15) is 55.5 Å². The average molecular weight is 399 g/mol. The Morgan fingerprint density at radius 2 is 1.90 bits per heavy atom. The van der Waals surface area contributed by atoms with Crippen LogP contribution >= 0.6 is 0 Å². The van der Waals surface area contributed by atoms with E-state index in [0.717, 1.165) is 46.0 Å². The van der Waals surface area contributed by atoms with Gasteiger partial charge in [0.05, 0.1) is 16.8 Å². The number of rotatable bonds is 5. The SMILES string of the molecule is CCc1ccc(-c2cc(C(=O)N[C@@H](C)[C@@H]3C[C@H]4CC[C@H]3C4)c3ccccc3n2)cc1. The molecule has 2 fully saturated rings. The summed E-state index contributed by atoms with van der Waals surface area (Å²) in [6.45, 7) is 4.35. The number of pyridine rings is 1. The molecule has 30 heavy (non-hydrogen) atoms. The summed E-state index contributed by atoms with van der Waals surface area (Å²) in [4.78, 5) is 18.2. The number of fused-ring (bicyclic) bond motifs is 3. The number of carbonyl (C=O) groups excluding carboxylic acids is 1. The number of carbonyl (C=O) groups is 1. The largest absolute Gasteiger partial charge is 0.349 e. The minimum absolute atomic E-state index is 0.0234. The van der Waals surface area contributed by atoms with Gasteiger partial charge in [0.1, 0.15) is 0 Å². The average Bonchev–Trinajstić information content (AvgIpc) is 3.42. The van der Waals surface area contributed by atoms with E-state index in [1.165, 1.54) is 31.2 Å². The fourth-order valence-corrected chi connectivity index (χ4v) is 5.72. The first kappa shape index (κ1) is 19.3. The van der Waals surface area contributed by atoms with Gasteiger partial charge in [0.2, 0.25) is 0 Å². The molecular weight excluding hydrogens is 368 g/mol. The summed E-state index contributed by atoms with van der Waals surface area (Å²) in [7, 11) is 0. The molecule has 4 atom stereocenters. The number of amides is 1. The molecule has 154 valence electrons. The highest BCUT2D eigenvalue weighted by molar-refractivity contribution is 6.07. The molecule has 5 rings (SSSR count). The molecule has 3 heteroatoms. The van der Waals surface area contributed by atoms with Crippen molar-refractivity contribution in [3.8, 4) is 11.3 Å². The predicted molar refractivity (Wildman–Crippen MR) is 122 cm³/mol. The van der Waals surface area contributed by atoms with Crippen LogP contribution in [0.2, 0.25) is 0 Å². The van der Waals surface area contributed by atoms with Crippen molar-refractivity contribution in [2.75, 3.05) is 0 Å². The van der Waals surface area contributed by atoms with Crippen LogP contribution in [0.3, 0.4) is 0 Å². The summed E-state index contributed by atoms with van der Waals surface area (Å²) in [5.74, 6) is 2.34. The molecule has 0 radical (unpaired) electrons. The quantitative estimate of drug-likeness (QED) is 0.571. The lowest BCUT2D eigenvalue weighted by molar-refractivity contribution is 0.0917. The minimum Gasteiger partial charge on any atom is -0.349 e. The van der Waals surface area contributed by atoms with Gasteiger partial charge in [-0.2, -0.15) is 0 Å². The van der Waals surface area contributed by atoms with Gasteiger partial charge < -0.3 is 5.32 Å². The molecule has 1 heterocycles. The Hall–Kier alpha value is -2.68. The lowest BCUT2D eigenvalue weighted by Gasteiger charge is -2.28. The third kappa shape index (κ3) is 3.51. The van der Waals surface area contributed by atoms with Crippen LogP contribution in [0.5, 0.6) is 0 Å². The molecule has 2 bridgehead atoms. The van der Waals surface area contributed by atoms with E-state index in [2.05, 4.69) is 43.4 Å². The number of aromatic nitrogens is 1. The maximum absolute atomic E-state index is 13.4. The van der Waals surface area contributed by atoms with Crippen LogP contribution in [0, 0.1) is 17.8 Å². The lowest BCUT2D eigenvalue weighted by atomic mass is 9.84. The Kier molecular flexibility index (Phi) is 5.06. The molecule has 1 aromatic heterocycles. The van der Waals surface area contributed by atoms with E-state index in [4.69, 9.17) is 4.98 Å². The predicted octanol–water partition coefficient (Wildman–Crippen LogP) is 6.02. The normalized spacial score (nSPS) is 23.6. The van der Waals surface area contributed by atoms with Gasteiger partial charge in [0.15, 0.2) is 0 Å². The second kappa shape index (κ2) is 7.86. The first-order valence-corrected chi connectivity index (χ1v) is 11.4. The molecule has 0 spiro atoms. The maximum Gasteiger partial charge on any atom is 0.252 e. The monoisotopic (exact) mass is 398 g/mol. The molecule has 2 saturated carbocycles. The van der Waals surface area contributed by atoms with Gasteiger partial charge in [-0.1, -0.05) is 55.8 Å². The molecule has 0 unspecified atom stereocenters. The van der Waals surface area contributed by atoms with Crippen molar-refractivity contribution in [2.45, 2.75) is 52.0 Å². The van der Waals surface area contributed by atoms with Gasteiger partial charge in [-0.3, -0.25) is 4.79 Å². The Balaban J connectivity index is 1.46. The van der Waals surface area contributed by atoms with Gasteiger partial charge >= 0.3 is 0 Å². The van der Waals surface area contributed by atoms with Gasteiger partial charge in [0, 0.05) is 17.0 Å². The summed E-state index contributed by atoms with van der Waals surface area (Å²) in [6.07, 6.45) is 6.38. The van der Waals surface area contributed by atoms with Crippen molar-refractivity contribution in [3.05, 3.63) is 65.7 Å². The topological polar surface area (TPSA) is 42.0 Å². The minimum atomic E-state index is 0.0234. The highest BCUT2D eigenvalue weighted by atomic mass is 16.1. The van der Waals surface area contributed by atoms with Crippen molar-refractivity contribution in [1.29, 1.82) is 0 Å². The number of hydrogen-bond acceptors (Lipinski definition) is 2. The highest BCUT2D eigenvalue weighted by Crippen LogP contribution is 2.49. The van der Waals surface area contributed by atoms with E-state index in [1.807, 2.05) is 30.3 Å². The molecule has 2 aromatic carbocycles. The van der Waals surface area contributed by atoms with Crippen molar-refractivity contribution in [3.63, 3.8) is 0 Å². The van der Waals surface area contributed by atoms with Crippen molar-refractivity contribution in [1.82, 2.24) is 10.3 Å². The van der Waals surface area contributed by atoms with Crippen LogP contribution in [0.15, 0.2) is 54.6 Å². The Bertz CT molecular complexity index is 1070. The molecule has 2 aliphatic rings. The molecule has 3 aromatic rings.